The molecule has 3 rings (SSSR count). The van der Waals surface area contributed by atoms with Crippen molar-refractivity contribution in [1.29, 1.82) is 0 Å². The molecular formula is C21H26N4O2. The van der Waals surface area contributed by atoms with E-state index in [-0.39, 0.29) is 17.9 Å². The number of rotatable bonds is 7. The molecular weight excluding hydrogens is 340 g/mol. The van der Waals surface area contributed by atoms with Gasteiger partial charge in [0.2, 0.25) is 5.91 Å². The Bertz CT molecular complexity index is 749. The smallest absolute Gasteiger partial charge is 0.253 e. The molecule has 142 valence electrons. The van der Waals surface area contributed by atoms with E-state index in [1.165, 1.54) is 0 Å². The van der Waals surface area contributed by atoms with Crippen LogP contribution in [-0.4, -0.2) is 41.5 Å². The minimum absolute atomic E-state index is 0.0238. The van der Waals surface area contributed by atoms with Gasteiger partial charge < -0.3 is 10.2 Å². The van der Waals surface area contributed by atoms with Gasteiger partial charge in [0.05, 0.1) is 0 Å². The highest BCUT2D eigenvalue weighted by Gasteiger charge is 2.39. The molecule has 0 unspecified atom stereocenters. The van der Waals surface area contributed by atoms with E-state index < -0.39 is 5.66 Å². The Hall–Kier alpha value is -2.68. The second-order valence-electron chi connectivity index (χ2n) is 7.39. The van der Waals surface area contributed by atoms with Crippen molar-refractivity contribution >= 4 is 11.8 Å². The molecule has 2 heterocycles. The fourth-order valence-corrected chi connectivity index (χ4v) is 3.39. The molecule has 27 heavy (non-hydrogen) atoms. The van der Waals surface area contributed by atoms with Crippen LogP contribution in [0.25, 0.3) is 0 Å². The lowest BCUT2D eigenvalue weighted by Crippen LogP contribution is -2.46. The van der Waals surface area contributed by atoms with Crippen molar-refractivity contribution in [1.82, 2.24) is 10.2 Å². The van der Waals surface area contributed by atoms with E-state index in [0.29, 0.717) is 32.4 Å². The van der Waals surface area contributed by atoms with Crippen LogP contribution in [-0.2, 0) is 4.79 Å². The summed E-state index contributed by atoms with van der Waals surface area (Å²) >= 11 is 0. The van der Waals surface area contributed by atoms with Crippen LogP contribution in [0.4, 0.5) is 0 Å². The molecule has 6 nitrogen and oxygen atoms in total. The summed E-state index contributed by atoms with van der Waals surface area (Å²) in [5.41, 5.74) is 1.45. The molecule has 1 N–H and O–H groups in total. The quantitative estimate of drug-likeness (QED) is 0.753. The van der Waals surface area contributed by atoms with Gasteiger partial charge in [0.25, 0.3) is 5.91 Å². The first kappa shape index (κ1) is 19.1. The Kier molecular flexibility index (Phi) is 5.90. The second-order valence-corrected chi connectivity index (χ2v) is 7.39. The topological polar surface area (TPSA) is 74.1 Å². The van der Waals surface area contributed by atoms with Gasteiger partial charge in [-0.2, -0.15) is 10.2 Å². The Labute approximate surface area is 160 Å². The third-order valence-corrected chi connectivity index (χ3v) is 5.25. The van der Waals surface area contributed by atoms with Crippen molar-refractivity contribution < 1.29 is 9.59 Å². The van der Waals surface area contributed by atoms with Crippen LogP contribution in [0, 0.1) is 19.3 Å². The lowest BCUT2D eigenvalue weighted by molar-refractivity contribution is -0.122. The Morgan fingerprint density at radius 3 is 2.48 bits per heavy atom. The minimum Gasteiger partial charge on any atom is -0.353 e. The van der Waals surface area contributed by atoms with E-state index in [9.17, 15) is 9.59 Å². The Morgan fingerprint density at radius 1 is 1.22 bits per heavy atom. The maximum Gasteiger partial charge on any atom is 0.253 e. The summed E-state index contributed by atoms with van der Waals surface area (Å²) in [5, 5.41) is 11.2. The summed E-state index contributed by atoms with van der Waals surface area (Å²) in [5.74, 6) is 2.68. The van der Waals surface area contributed by atoms with E-state index in [2.05, 4.69) is 21.5 Å². The molecule has 1 saturated heterocycles. The summed E-state index contributed by atoms with van der Waals surface area (Å²) in [6.45, 7) is 3.33. The number of nitrogens with zero attached hydrogens (tertiary/aromatic N) is 3. The molecule has 0 saturated carbocycles. The number of likely N-dealkylation sites (tertiary alicyclic amines) is 1. The Morgan fingerprint density at radius 2 is 1.89 bits per heavy atom. The number of hydrogen-bond donors (Lipinski definition) is 1. The first-order chi connectivity index (χ1) is 13.0. The average molecular weight is 366 g/mol. The summed E-state index contributed by atoms with van der Waals surface area (Å²) in [6.07, 6.45) is 9.20. The molecule has 0 bridgehead atoms. The molecule has 0 spiro atoms. The average Bonchev–Trinajstić information content (AvgIpc) is 3.46. The molecule has 1 aromatic rings. The number of amides is 2. The maximum atomic E-state index is 12.5. The van der Waals surface area contributed by atoms with Gasteiger partial charge in [0, 0.05) is 50.4 Å². The van der Waals surface area contributed by atoms with Crippen molar-refractivity contribution in [3.05, 3.63) is 35.4 Å². The van der Waals surface area contributed by atoms with E-state index in [4.69, 9.17) is 6.42 Å². The first-order valence-electron chi connectivity index (χ1n) is 9.54. The molecule has 0 aliphatic carbocycles. The maximum absolute atomic E-state index is 12.5. The summed E-state index contributed by atoms with van der Waals surface area (Å²) < 4.78 is 0. The van der Waals surface area contributed by atoms with Crippen LogP contribution in [0.1, 0.15) is 54.4 Å². The highest BCUT2D eigenvalue weighted by Crippen LogP contribution is 2.37. The zero-order valence-corrected chi connectivity index (χ0v) is 15.8. The van der Waals surface area contributed by atoms with Crippen molar-refractivity contribution in [3.8, 4) is 12.3 Å². The number of hydrogen-bond acceptors (Lipinski definition) is 4. The molecule has 0 aromatic heterocycles. The normalized spacial score (nSPS) is 18.0. The number of aryl methyl sites for hydroxylation is 1. The summed E-state index contributed by atoms with van der Waals surface area (Å²) in [6, 6.07) is 7.77. The van der Waals surface area contributed by atoms with Gasteiger partial charge in [0.15, 0.2) is 5.66 Å². The summed E-state index contributed by atoms with van der Waals surface area (Å²) in [4.78, 5) is 26.6. The highest BCUT2D eigenvalue weighted by atomic mass is 16.2. The number of benzene rings is 1. The zero-order valence-electron chi connectivity index (χ0n) is 15.8. The van der Waals surface area contributed by atoms with E-state index in [0.717, 1.165) is 30.4 Å². The number of nitrogens with one attached hydrogen (secondary N) is 1. The zero-order chi connectivity index (χ0) is 19.3. The molecule has 2 aliphatic heterocycles. The van der Waals surface area contributed by atoms with Crippen molar-refractivity contribution in [3.63, 3.8) is 0 Å². The monoisotopic (exact) mass is 366 g/mol. The number of terminal acetylenes is 1. The van der Waals surface area contributed by atoms with Crippen LogP contribution in [0.3, 0.4) is 0 Å². The molecule has 2 aliphatic rings. The van der Waals surface area contributed by atoms with Crippen LogP contribution in [0.15, 0.2) is 34.5 Å². The number of carbonyl (C=O) groups excluding carboxylic acids is 2. The molecule has 6 heteroatoms. The van der Waals surface area contributed by atoms with Crippen molar-refractivity contribution in [2.45, 2.75) is 57.2 Å². The fourth-order valence-electron chi connectivity index (χ4n) is 3.39. The highest BCUT2D eigenvalue weighted by molar-refractivity contribution is 5.94. The standard InChI is InChI=1S/C21H26N4O2/c1-3-4-12-21(23-24-21)13-9-19(26)22-18-10-14-25(15-11-18)20(27)17-7-5-16(2)6-8-17/h1,5-8,18H,4,9-15H2,2H3,(H,22,26). The van der Waals surface area contributed by atoms with Gasteiger partial charge in [0.1, 0.15) is 0 Å². The van der Waals surface area contributed by atoms with E-state index >= 15 is 0 Å². The van der Waals surface area contributed by atoms with Gasteiger partial charge in [-0.15, -0.1) is 12.3 Å². The van der Waals surface area contributed by atoms with Gasteiger partial charge in [-0.1, -0.05) is 17.7 Å². The predicted molar refractivity (Wildman–Crippen MR) is 103 cm³/mol. The van der Waals surface area contributed by atoms with Crippen LogP contribution in [0.2, 0.25) is 0 Å². The van der Waals surface area contributed by atoms with Crippen LogP contribution < -0.4 is 5.32 Å². The Balaban J connectivity index is 1.39. The van der Waals surface area contributed by atoms with Gasteiger partial charge in [-0.05, 0) is 31.9 Å². The van der Waals surface area contributed by atoms with Gasteiger partial charge >= 0.3 is 0 Å². The van der Waals surface area contributed by atoms with Crippen molar-refractivity contribution in [2.75, 3.05) is 13.1 Å². The van der Waals surface area contributed by atoms with E-state index in [1.54, 1.807) is 0 Å². The predicted octanol–water partition coefficient (Wildman–Crippen LogP) is 3.07. The first-order valence-corrected chi connectivity index (χ1v) is 9.54. The number of piperidine rings is 1. The SMILES string of the molecule is C#CCCC1(CCC(=O)NC2CCN(C(=O)c3ccc(C)cc3)CC2)N=N1. The largest absolute Gasteiger partial charge is 0.353 e. The lowest BCUT2D eigenvalue weighted by atomic mass is 10.0. The summed E-state index contributed by atoms with van der Waals surface area (Å²) in [7, 11) is 0. The minimum atomic E-state index is -0.409. The lowest BCUT2D eigenvalue weighted by Gasteiger charge is -2.32. The fraction of sp³-hybridized carbons (Fsp3) is 0.524. The molecule has 1 fully saturated rings. The third-order valence-electron chi connectivity index (χ3n) is 5.25. The van der Waals surface area contributed by atoms with Gasteiger partial charge in [-0.3, -0.25) is 9.59 Å². The van der Waals surface area contributed by atoms with Crippen LogP contribution >= 0.6 is 0 Å². The third kappa shape index (κ3) is 5.16. The molecule has 1 aromatic carbocycles. The molecule has 0 atom stereocenters. The number of carbonyl (C=O) groups is 2. The second kappa shape index (κ2) is 8.34. The van der Waals surface area contributed by atoms with E-state index in [1.807, 2.05) is 36.1 Å². The van der Waals surface area contributed by atoms with Gasteiger partial charge in [-0.25, -0.2) is 0 Å². The van der Waals surface area contributed by atoms with Crippen LogP contribution in [0.5, 0.6) is 0 Å². The van der Waals surface area contributed by atoms with Crippen molar-refractivity contribution in [2.24, 2.45) is 10.2 Å². The molecule has 2 amide bonds. The molecule has 0 radical (unpaired) electrons.